The Balaban J connectivity index is 2.04. The average Bonchev–Trinajstić information content (AvgIpc) is 2.86. The van der Waals surface area contributed by atoms with Crippen LogP contribution in [-0.4, -0.2) is 28.7 Å². The zero-order valence-electron chi connectivity index (χ0n) is 12.4. The molecule has 3 aromatic rings. The molecule has 5 heteroatoms. The van der Waals surface area contributed by atoms with Crippen LogP contribution in [0.4, 0.5) is 5.69 Å². The Hall–Kier alpha value is -2.11. The number of halogens is 1. The van der Waals surface area contributed by atoms with Crippen LogP contribution in [0.1, 0.15) is 0 Å². The van der Waals surface area contributed by atoms with Crippen molar-refractivity contribution < 1.29 is 9.90 Å². The molecule has 1 aliphatic rings. The summed E-state index contributed by atoms with van der Waals surface area (Å²) in [6.45, 7) is 0.516. The molecule has 0 fully saturated rings. The van der Waals surface area contributed by atoms with E-state index in [1.165, 1.54) is 0 Å². The monoisotopic (exact) mass is 370 g/mol. The summed E-state index contributed by atoms with van der Waals surface area (Å²) in [5.41, 5.74) is 3.91. The van der Waals surface area contributed by atoms with Crippen LogP contribution in [0, 0.1) is 0 Å². The smallest absolute Gasteiger partial charge is 0.247 e. The summed E-state index contributed by atoms with van der Waals surface area (Å²) in [6, 6.07) is 16.1. The van der Waals surface area contributed by atoms with E-state index >= 15 is 0 Å². The molecular weight excluding hydrogens is 356 g/mol. The van der Waals surface area contributed by atoms with E-state index in [-0.39, 0.29) is 19.1 Å². The second-order valence-electron chi connectivity index (χ2n) is 5.60. The lowest BCUT2D eigenvalue weighted by Gasteiger charge is -2.21. The van der Waals surface area contributed by atoms with Gasteiger partial charge >= 0.3 is 0 Å². The number of β-amino-alcohol motifs (C(OH)–C–C–N with tert-alkyl or cyclic N) is 1. The van der Waals surface area contributed by atoms with Crippen molar-refractivity contribution in [2.24, 2.45) is 0 Å². The minimum Gasteiger partial charge on any atom is -0.395 e. The van der Waals surface area contributed by atoms with E-state index < -0.39 is 0 Å². The summed E-state index contributed by atoms with van der Waals surface area (Å²) in [5.74, 6) is -0.0114. The molecule has 0 unspecified atom stereocenters. The van der Waals surface area contributed by atoms with Crippen molar-refractivity contribution in [1.29, 1.82) is 0 Å². The van der Waals surface area contributed by atoms with Crippen molar-refractivity contribution >= 4 is 38.4 Å². The number of fused-ring (bicyclic) bond motifs is 5. The van der Waals surface area contributed by atoms with E-state index in [1.807, 2.05) is 36.4 Å². The molecule has 0 aliphatic carbocycles. The molecule has 23 heavy (non-hydrogen) atoms. The highest BCUT2D eigenvalue weighted by Crippen LogP contribution is 2.39. The Morgan fingerprint density at radius 3 is 2.78 bits per heavy atom. The zero-order chi connectivity index (χ0) is 16.0. The minimum atomic E-state index is -0.0587. The van der Waals surface area contributed by atoms with Crippen LogP contribution in [0.5, 0.6) is 0 Å². The number of aromatic nitrogens is 1. The first kappa shape index (κ1) is 14.5. The fraction of sp³-hybridized carbons (Fsp3) is 0.167. The Labute approximate surface area is 142 Å². The van der Waals surface area contributed by atoms with Gasteiger partial charge in [0.2, 0.25) is 5.91 Å². The van der Waals surface area contributed by atoms with E-state index in [2.05, 4.69) is 32.6 Å². The number of nitrogens with zero attached hydrogens (tertiary/aromatic N) is 2. The first-order chi connectivity index (χ1) is 11.2. The molecule has 4 rings (SSSR count). The predicted octanol–water partition coefficient (Wildman–Crippen LogP) is 3.41. The van der Waals surface area contributed by atoms with Crippen LogP contribution in [0.3, 0.4) is 0 Å². The van der Waals surface area contributed by atoms with Gasteiger partial charge in [0.25, 0.3) is 0 Å². The quantitative estimate of drug-likeness (QED) is 0.751. The van der Waals surface area contributed by atoms with Crippen LogP contribution < -0.4 is 4.90 Å². The number of carbonyl (C=O) groups is 1. The molecule has 4 nitrogen and oxygen atoms in total. The maximum absolute atomic E-state index is 12.7. The van der Waals surface area contributed by atoms with Gasteiger partial charge in [-0.05, 0) is 30.3 Å². The third-order valence-corrected chi connectivity index (χ3v) is 4.75. The molecule has 1 N–H and O–H groups in total. The van der Waals surface area contributed by atoms with Crippen LogP contribution in [0.15, 0.2) is 53.0 Å². The van der Waals surface area contributed by atoms with Crippen molar-refractivity contribution in [3.63, 3.8) is 0 Å². The van der Waals surface area contributed by atoms with E-state index in [0.29, 0.717) is 6.54 Å². The lowest BCUT2D eigenvalue weighted by molar-refractivity contribution is -0.119. The topological polar surface area (TPSA) is 45.5 Å². The van der Waals surface area contributed by atoms with Gasteiger partial charge in [-0.25, -0.2) is 0 Å². The number of rotatable bonds is 2. The lowest BCUT2D eigenvalue weighted by Crippen LogP contribution is -2.35. The Morgan fingerprint density at radius 1 is 1.13 bits per heavy atom. The van der Waals surface area contributed by atoms with Crippen molar-refractivity contribution in [3.05, 3.63) is 53.0 Å². The van der Waals surface area contributed by atoms with Crippen molar-refractivity contribution in [3.8, 4) is 11.3 Å². The summed E-state index contributed by atoms with van der Waals surface area (Å²) >= 11 is 3.52. The summed E-state index contributed by atoms with van der Waals surface area (Å²) in [4.78, 5) is 14.4. The van der Waals surface area contributed by atoms with Gasteiger partial charge in [-0.1, -0.05) is 34.1 Å². The van der Waals surface area contributed by atoms with Crippen LogP contribution in [0.25, 0.3) is 22.2 Å². The summed E-state index contributed by atoms with van der Waals surface area (Å²) < 4.78 is 3.02. The van der Waals surface area contributed by atoms with Gasteiger partial charge in [0, 0.05) is 27.5 Å². The lowest BCUT2D eigenvalue weighted by atomic mass is 10.1. The van der Waals surface area contributed by atoms with Crippen LogP contribution in [-0.2, 0) is 11.3 Å². The standard InChI is InChI=1S/C18H15BrN2O2/c19-13-5-6-16-14(10-13)17-9-12-3-1-2-4-15(12)21(17)11-18(23)20(16)7-8-22/h1-6,9-10,22H,7-8,11H2. The number of aliphatic hydroxyl groups excluding tert-OH is 1. The van der Waals surface area contributed by atoms with Crippen molar-refractivity contribution in [2.45, 2.75) is 6.54 Å². The largest absolute Gasteiger partial charge is 0.395 e. The van der Waals surface area contributed by atoms with Crippen LogP contribution in [0.2, 0.25) is 0 Å². The number of anilines is 1. The minimum absolute atomic E-state index is 0.0114. The Bertz CT molecular complexity index is 917. The molecule has 1 amide bonds. The molecule has 0 saturated carbocycles. The second-order valence-corrected chi connectivity index (χ2v) is 6.52. The number of para-hydroxylation sites is 1. The summed E-state index contributed by atoms with van der Waals surface area (Å²) in [5, 5.41) is 10.5. The first-order valence-electron chi connectivity index (χ1n) is 7.48. The third kappa shape index (κ3) is 2.28. The van der Waals surface area contributed by atoms with E-state index in [1.54, 1.807) is 4.90 Å². The molecule has 116 valence electrons. The van der Waals surface area contributed by atoms with E-state index in [0.717, 1.165) is 32.3 Å². The predicted molar refractivity (Wildman–Crippen MR) is 94.5 cm³/mol. The van der Waals surface area contributed by atoms with Crippen molar-refractivity contribution in [2.75, 3.05) is 18.1 Å². The van der Waals surface area contributed by atoms with E-state index in [9.17, 15) is 9.90 Å². The molecule has 0 atom stereocenters. The Morgan fingerprint density at radius 2 is 1.96 bits per heavy atom. The van der Waals surface area contributed by atoms with Gasteiger partial charge in [0.15, 0.2) is 0 Å². The van der Waals surface area contributed by atoms with E-state index in [4.69, 9.17) is 0 Å². The number of aliphatic hydroxyl groups is 1. The summed E-state index contributed by atoms with van der Waals surface area (Å²) in [6.07, 6.45) is 0. The SMILES string of the molecule is O=C1Cn2c(cc3ccccc32)-c2cc(Br)ccc2N1CCO. The highest BCUT2D eigenvalue weighted by molar-refractivity contribution is 9.10. The Kier molecular flexibility index (Phi) is 3.47. The fourth-order valence-corrected chi connectivity index (χ4v) is 3.61. The highest BCUT2D eigenvalue weighted by Gasteiger charge is 2.26. The normalized spacial score (nSPS) is 13.8. The molecule has 0 spiro atoms. The third-order valence-electron chi connectivity index (χ3n) is 4.25. The number of hydrogen-bond donors (Lipinski definition) is 1. The van der Waals surface area contributed by atoms with Gasteiger partial charge in [0.05, 0.1) is 18.0 Å². The molecular formula is C18H15BrN2O2. The molecule has 0 radical (unpaired) electrons. The fourth-order valence-electron chi connectivity index (χ4n) is 3.25. The maximum atomic E-state index is 12.7. The van der Waals surface area contributed by atoms with Crippen LogP contribution >= 0.6 is 15.9 Å². The van der Waals surface area contributed by atoms with Gasteiger partial charge in [0.1, 0.15) is 6.54 Å². The second kappa shape index (κ2) is 5.51. The first-order valence-corrected chi connectivity index (χ1v) is 8.28. The molecule has 1 aromatic heterocycles. The number of amides is 1. The molecule has 1 aliphatic heterocycles. The number of hydrogen-bond acceptors (Lipinski definition) is 2. The van der Waals surface area contributed by atoms with Gasteiger partial charge in [-0.15, -0.1) is 0 Å². The molecule has 2 heterocycles. The highest BCUT2D eigenvalue weighted by atomic mass is 79.9. The average molecular weight is 371 g/mol. The van der Waals surface area contributed by atoms with Gasteiger partial charge in [-0.3, -0.25) is 4.79 Å². The molecule has 0 saturated heterocycles. The maximum Gasteiger partial charge on any atom is 0.247 e. The summed E-state index contributed by atoms with van der Waals surface area (Å²) in [7, 11) is 0. The number of benzene rings is 2. The van der Waals surface area contributed by atoms with Crippen molar-refractivity contribution in [1.82, 2.24) is 4.57 Å². The van der Waals surface area contributed by atoms with Gasteiger partial charge in [-0.2, -0.15) is 0 Å². The molecule has 0 bridgehead atoms. The number of carbonyl (C=O) groups excluding carboxylic acids is 1. The zero-order valence-corrected chi connectivity index (χ0v) is 14.0. The molecule has 2 aromatic carbocycles. The van der Waals surface area contributed by atoms with Gasteiger partial charge < -0.3 is 14.6 Å².